The Morgan fingerprint density at radius 1 is 0.579 bits per heavy atom. The first-order valence-corrected chi connectivity index (χ1v) is 6.70. The summed E-state index contributed by atoms with van der Waals surface area (Å²) in [7, 11) is 0. The molecule has 0 amide bonds. The third-order valence-corrected chi connectivity index (χ3v) is 3.99. The lowest BCUT2D eigenvalue weighted by Gasteiger charge is -2.07. The van der Waals surface area contributed by atoms with Crippen LogP contribution in [0.2, 0.25) is 5.02 Å². The summed E-state index contributed by atoms with van der Waals surface area (Å²) in [6.45, 7) is 0. The Morgan fingerprint density at radius 3 is 2.11 bits per heavy atom. The Labute approximate surface area is 116 Å². The molecule has 0 aromatic heterocycles. The second-order valence-corrected chi connectivity index (χ2v) is 5.23. The summed E-state index contributed by atoms with van der Waals surface area (Å²) in [6, 6.07) is 23.3. The van der Waals surface area contributed by atoms with Crippen molar-refractivity contribution in [1.82, 2.24) is 0 Å². The van der Waals surface area contributed by atoms with Gasteiger partial charge in [0.25, 0.3) is 0 Å². The van der Waals surface area contributed by atoms with Gasteiger partial charge < -0.3 is 0 Å². The normalized spacial score (nSPS) is 11.4. The van der Waals surface area contributed by atoms with E-state index in [4.69, 9.17) is 11.6 Å². The Bertz CT molecular complexity index is 922. The molecular formula is C18H11Cl. The van der Waals surface area contributed by atoms with Crippen molar-refractivity contribution in [2.24, 2.45) is 0 Å². The van der Waals surface area contributed by atoms with E-state index >= 15 is 0 Å². The minimum absolute atomic E-state index is 0.818. The van der Waals surface area contributed by atoms with Crippen LogP contribution in [0, 0.1) is 0 Å². The third kappa shape index (κ3) is 1.61. The summed E-state index contributed by atoms with van der Waals surface area (Å²) in [5, 5.41) is 8.13. The molecule has 0 saturated heterocycles. The van der Waals surface area contributed by atoms with Gasteiger partial charge in [-0.1, -0.05) is 60.1 Å². The van der Waals surface area contributed by atoms with Crippen molar-refractivity contribution in [3.8, 4) is 0 Å². The predicted octanol–water partition coefficient (Wildman–Crippen LogP) is 5.80. The zero-order chi connectivity index (χ0) is 12.8. The highest BCUT2D eigenvalue weighted by molar-refractivity contribution is 6.38. The van der Waals surface area contributed by atoms with Crippen LogP contribution >= 0.6 is 11.6 Å². The van der Waals surface area contributed by atoms with Crippen LogP contribution in [0.4, 0.5) is 0 Å². The number of rotatable bonds is 0. The molecule has 0 N–H and O–H groups in total. The highest BCUT2D eigenvalue weighted by atomic mass is 35.5. The summed E-state index contributed by atoms with van der Waals surface area (Å²) in [5.41, 5.74) is 0. The fourth-order valence-corrected chi connectivity index (χ4v) is 3.04. The molecule has 1 heteroatoms. The first-order valence-electron chi connectivity index (χ1n) is 6.33. The van der Waals surface area contributed by atoms with Gasteiger partial charge in [-0.3, -0.25) is 0 Å². The van der Waals surface area contributed by atoms with E-state index in [9.17, 15) is 0 Å². The summed E-state index contributed by atoms with van der Waals surface area (Å²) >= 11 is 6.39. The molecule has 0 aliphatic carbocycles. The van der Waals surface area contributed by atoms with Crippen LogP contribution in [-0.2, 0) is 0 Å². The van der Waals surface area contributed by atoms with E-state index in [1.807, 2.05) is 12.1 Å². The van der Waals surface area contributed by atoms with Crippen molar-refractivity contribution >= 4 is 43.9 Å². The SMILES string of the molecule is Clc1cccc2ccc3cc4ccccc4cc3c12. The van der Waals surface area contributed by atoms with Crippen LogP contribution in [0.15, 0.2) is 66.7 Å². The largest absolute Gasteiger partial charge is 0.0836 e. The number of benzene rings is 4. The van der Waals surface area contributed by atoms with Crippen molar-refractivity contribution in [2.75, 3.05) is 0 Å². The third-order valence-electron chi connectivity index (χ3n) is 3.68. The number of hydrogen-bond acceptors (Lipinski definition) is 0. The molecule has 0 heterocycles. The van der Waals surface area contributed by atoms with Gasteiger partial charge in [0, 0.05) is 10.4 Å². The van der Waals surface area contributed by atoms with Gasteiger partial charge in [-0.25, -0.2) is 0 Å². The molecule has 0 aliphatic heterocycles. The second-order valence-electron chi connectivity index (χ2n) is 4.82. The van der Waals surface area contributed by atoms with Gasteiger partial charge >= 0.3 is 0 Å². The molecule has 4 aromatic rings. The van der Waals surface area contributed by atoms with E-state index in [0.29, 0.717) is 0 Å². The summed E-state index contributed by atoms with van der Waals surface area (Å²) in [5.74, 6) is 0. The lowest BCUT2D eigenvalue weighted by molar-refractivity contribution is 1.77. The molecule has 90 valence electrons. The van der Waals surface area contributed by atoms with Crippen molar-refractivity contribution in [2.45, 2.75) is 0 Å². The molecule has 4 aromatic carbocycles. The monoisotopic (exact) mass is 262 g/mol. The van der Waals surface area contributed by atoms with Crippen LogP contribution in [0.1, 0.15) is 0 Å². The molecule has 0 atom stereocenters. The quantitative estimate of drug-likeness (QED) is 0.277. The molecule has 0 aliphatic rings. The molecule has 0 bridgehead atoms. The Hall–Kier alpha value is -2.05. The maximum absolute atomic E-state index is 6.39. The molecule has 0 fully saturated rings. The van der Waals surface area contributed by atoms with Crippen LogP contribution in [0.5, 0.6) is 0 Å². The average Bonchev–Trinajstić information content (AvgIpc) is 2.45. The van der Waals surface area contributed by atoms with Crippen LogP contribution in [-0.4, -0.2) is 0 Å². The molecule has 19 heavy (non-hydrogen) atoms. The molecule has 0 nitrogen and oxygen atoms in total. The lowest BCUT2D eigenvalue weighted by atomic mass is 9.98. The summed E-state index contributed by atoms with van der Waals surface area (Å²) in [4.78, 5) is 0. The Morgan fingerprint density at radius 2 is 1.26 bits per heavy atom. The van der Waals surface area contributed by atoms with Crippen molar-refractivity contribution < 1.29 is 0 Å². The van der Waals surface area contributed by atoms with Gasteiger partial charge in [0.05, 0.1) is 0 Å². The van der Waals surface area contributed by atoms with Crippen molar-refractivity contribution in [3.63, 3.8) is 0 Å². The van der Waals surface area contributed by atoms with Gasteiger partial charge in [-0.15, -0.1) is 0 Å². The van der Waals surface area contributed by atoms with Crippen LogP contribution in [0.25, 0.3) is 32.3 Å². The fraction of sp³-hybridized carbons (Fsp3) is 0. The van der Waals surface area contributed by atoms with Gasteiger partial charge in [-0.05, 0) is 45.1 Å². The molecule has 0 spiro atoms. The van der Waals surface area contributed by atoms with Gasteiger partial charge in [0.2, 0.25) is 0 Å². The van der Waals surface area contributed by atoms with Crippen LogP contribution < -0.4 is 0 Å². The number of fused-ring (bicyclic) bond motifs is 4. The van der Waals surface area contributed by atoms with E-state index < -0.39 is 0 Å². The molecule has 4 rings (SSSR count). The fourth-order valence-electron chi connectivity index (χ4n) is 2.76. The number of halogens is 1. The van der Waals surface area contributed by atoms with Gasteiger partial charge in [-0.2, -0.15) is 0 Å². The van der Waals surface area contributed by atoms with E-state index in [1.54, 1.807) is 0 Å². The zero-order valence-corrected chi connectivity index (χ0v) is 11.0. The maximum atomic E-state index is 6.39. The second kappa shape index (κ2) is 3.97. The van der Waals surface area contributed by atoms with E-state index in [0.717, 1.165) is 10.4 Å². The lowest BCUT2D eigenvalue weighted by Crippen LogP contribution is -1.80. The number of hydrogen-bond donors (Lipinski definition) is 0. The average molecular weight is 263 g/mol. The highest BCUT2D eigenvalue weighted by Crippen LogP contribution is 2.33. The van der Waals surface area contributed by atoms with E-state index in [-0.39, 0.29) is 0 Å². The van der Waals surface area contributed by atoms with Crippen molar-refractivity contribution in [3.05, 3.63) is 71.8 Å². The molecule has 0 radical (unpaired) electrons. The Kier molecular flexibility index (Phi) is 2.27. The molecule has 0 saturated carbocycles. The first-order chi connectivity index (χ1) is 9.33. The smallest absolute Gasteiger partial charge is 0.0490 e. The molecule has 0 unspecified atom stereocenters. The maximum Gasteiger partial charge on any atom is 0.0490 e. The minimum atomic E-state index is 0.818. The summed E-state index contributed by atoms with van der Waals surface area (Å²) in [6.07, 6.45) is 0. The van der Waals surface area contributed by atoms with Gasteiger partial charge in [0.1, 0.15) is 0 Å². The predicted molar refractivity (Wildman–Crippen MR) is 84.0 cm³/mol. The van der Waals surface area contributed by atoms with E-state index in [2.05, 4.69) is 54.6 Å². The minimum Gasteiger partial charge on any atom is -0.0836 e. The van der Waals surface area contributed by atoms with Gasteiger partial charge in [0.15, 0.2) is 0 Å². The van der Waals surface area contributed by atoms with Crippen molar-refractivity contribution in [1.29, 1.82) is 0 Å². The zero-order valence-electron chi connectivity index (χ0n) is 10.2. The molecular weight excluding hydrogens is 252 g/mol. The van der Waals surface area contributed by atoms with Crippen LogP contribution in [0.3, 0.4) is 0 Å². The highest BCUT2D eigenvalue weighted by Gasteiger charge is 2.05. The summed E-state index contributed by atoms with van der Waals surface area (Å²) < 4.78 is 0. The Balaban J connectivity index is 2.29. The van der Waals surface area contributed by atoms with E-state index in [1.165, 1.54) is 26.9 Å². The first kappa shape index (κ1) is 10.8. The standard InChI is InChI=1S/C18H11Cl/c19-17-7-3-6-12-8-9-15-10-13-4-1-2-5-14(13)11-16(15)18(12)17/h1-11H. The topological polar surface area (TPSA) is 0 Å².